The van der Waals surface area contributed by atoms with Crippen LogP contribution in [0.15, 0.2) is 54.6 Å². The van der Waals surface area contributed by atoms with Crippen LogP contribution in [0.4, 0.5) is 10.1 Å². The molecule has 2 aromatic carbocycles. The molecule has 6 rings (SSSR count). The summed E-state index contributed by atoms with van der Waals surface area (Å²) in [4.78, 5) is 43.6. The third kappa shape index (κ3) is 4.75. The molecule has 1 aliphatic carbocycles. The first-order chi connectivity index (χ1) is 19.6. The zero-order valence-corrected chi connectivity index (χ0v) is 24.2. The number of hydrogen-bond acceptors (Lipinski definition) is 4. The maximum atomic E-state index is 14.2. The van der Waals surface area contributed by atoms with E-state index in [1.165, 1.54) is 18.2 Å². The SMILES string of the molecule is Cc1ccc(CN2C(=O)[C@H]3[C@H](C(=O)Nc4ccc(F)c(Cl)c4)[C@H]4C=C[C@@]3(O4)[C@@H]2C(=O)N[C@@H]2CCC[C@@H](C)[C@@H]2C)cc1. The van der Waals surface area contributed by atoms with Gasteiger partial charge in [0.2, 0.25) is 17.7 Å². The smallest absolute Gasteiger partial charge is 0.246 e. The Labute approximate surface area is 244 Å². The number of carbonyl (C=O) groups excluding carboxylic acids is 3. The van der Waals surface area contributed by atoms with E-state index >= 15 is 0 Å². The third-order valence-electron chi connectivity index (χ3n) is 9.62. The van der Waals surface area contributed by atoms with Crippen LogP contribution in [-0.4, -0.2) is 46.4 Å². The minimum absolute atomic E-state index is 0.00271. The number of halogens is 2. The lowest BCUT2D eigenvalue weighted by molar-refractivity contribution is -0.142. The van der Waals surface area contributed by atoms with Gasteiger partial charge in [-0.1, -0.05) is 80.3 Å². The summed E-state index contributed by atoms with van der Waals surface area (Å²) in [5.74, 6) is -2.52. The second-order valence-electron chi connectivity index (χ2n) is 12.2. The van der Waals surface area contributed by atoms with Crippen molar-refractivity contribution in [3.8, 4) is 0 Å². The predicted molar refractivity (Wildman–Crippen MR) is 153 cm³/mol. The molecule has 3 heterocycles. The topological polar surface area (TPSA) is 87.7 Å². The van der Waals surface area contributed by atoms with E-state index in [0.717, 1.165) is 30.4 Å². The van der Waals surface area contributed by atoms with Crippen molar-refractivity contribution in [3.05, 3.63) is 76.6 Å². The number of anilines is 1. The molecule has 1 spiro atoms. The van der Waals surface area contributed by atoms with E-state index in [1.54, 1.807) is 11.0 Å². The first kappa shape index (κ1) is 27.9. The Bertz CT molecular complexity index is 1410. The Balaban J connectivity index is 1.32. The van der Waals surface area contributed by atoms with Gasteiger partial charge in [-0.05, 0) is 48.9 Å². The van der Waals surface area contributed by atoms with Crippen molar-refractivity contribution in [1.82, 2.24) is 10.2 Å². The summed E-state index contributed by atoms with van der Waals surface area (Å²) in [6, 6.07) is 10.8. The summed E-state index contributed by atoms with van der Waals surface area (Å²) in [6.07, 6.45) is 5.99. The zero-order chi connectivity index (χ0) is 29.1. The number of benzene rings is 2. The Hall–Kier alpha value is -3.23. The Morgan fingerprint density at radius 2 is 1.88 bits per heavy atom. The minimum atomic E-state index is -1.26. The highest BCUT2D eigenvalue weighted by molar-refractivity contribution is 6.31. The van der Waals surface area contributed by atoms with Crippen LogP contribution in [0.25, 0.3) is 0 Å². The molecule has 3 aliphatic heterocycles. The molecule has 2 bridgehead atoms. The maximum absolute atomic E-state index is 14.2. The zero-order valence-electron chi connectivity index (χ0n) is 23.4. The number of hydrogen-bond donors (Lipinski definition) is 2. The number of fused-ring (bicyclic) bond motifs is 1. The van der Waals surface area contributed by atoms with Crippen LogP contribution in [0.2, 0.25) is 5.02 Å². The lowest BCUT2D eigenvalue weighted by Gasteiger charge is -2.38. The van der Waals surface area contributed by atoms with E-state index in [2.05, 4.69) is 24.5 Å². The summed E-state index contributed by atoms with van der Waals surface area (Å²) in [6.45, 7) is 6.59. The van der Waals surface area contributed by atoms with E-state index in [1.807, 2.05) is 37.3 Å². The molecule has 2 saturated heterocycles. The summed E-state index contributed by atoms with van der Waals surface area (Å²) >= 11 is 5.92. The van der Waals surface area contributed by atoms with Crippen molar-refractivity contribution >= 4 is 35.0 Å². The van der Waals surface area contributed by atoms with Gasteiger partial charge in [0.05, 0.1) is 23.0 Å². The summed E-state index contributed by atoms with van der Waals surface area (Å²) in [5.41, 5.74) is 1.04. The third-order valence-corrected chi connectivity index (χ3v) is 9.91. The number of aryl methyl sites for hydroxylation is 1. The molecule has 9 heteroatoms. The molecule has 0 unspecified atom stereocenters. The number of nitrogens with zero attached hydrogens (tertiary/aromatic N) is 1. The van der Waals surface area contributed by atoms with Crippen LogP contribution >= 0.6 is 11.6 Å². The number of ether oxygens (including phenoxy) is 1. The fourth-order valence-electron chi connectivity index (χ4n) is 7.17. The van der Waals surface area contributed by atoms with E-state index in [-0.39, 0.29) is 29.4 Å². The quantitative estimate of drug-likeness (QED) is 0.471. The molecule has 3 fully saturated rings. The van der Waals surface area contributed by atoms with Crippen molar-refractivity contribution in [2.75, 3.05) is 5.32 Å². The van der Waals surface area contributed by atoms with Gasteiger partial charge in [-0.25, -0.2) is 4.39 Å². The normalized spacial score (nSPS) is 33.6. The summed E-state index contributed by atoms with van der Waals surface area (Å²) < 4.78 is 20.1. The minimum Gasteiger partial charge on any atom is -0.359 e. The fourth-order valence-corrected chi connectivity index (χ4v) is 7.36. The van der Waals surface area contributed by atoms with Crippen LogP contribution in [-0.2, 0) is 25.7 Å². The number of amides is 3. The molecule has 41 heavy (non-hydrogen) atoms. The van der Waals surface area contributed by atoms with E-state index in [4.69, 9.17) is 16.3 Å². The second kappa shape index (κ2) is 10.6. The summed E-state index contributed by atoms with van der Waals surface area (Å²) in [5, 5.41) is 5.94. The molecule has 8 atom stereocenters. The van der Waals surface area contributed by atoms with Crippen LogP contribution < -0.4 is 10.6 Å². The molecule has 216 valence electrons. The van der Waals surface area contributed by atoms with Gasteiger partial charge in [-0.2, -0.15) is 0 Å². The van der Waals surface area contributed by atoms with Crippen molar-refractivity contribution in [2.45, 2.75) is 70.4 Å². The van der Waals surface area contributed by atoms with Gasteiger partial charge in [-0.15, -0.1) is 0 Å². The van der Waals surface area contributed by atoms with Gasteiger partial charge >= 0.3 is 0 Å². The lowest BCUT2D eigenvalue weighted by atomic mass is 9.73. The highest BCUT2D eigenvalue weighted by Gasteiger charge is 2.72. The molecule has 0 aromatic heterocycles. The van der Waals surface area contributed by atoms with Crippen molar-refractivity contribution in [2.24, 2.45) is 23.7 Å². The number of likely N-dealkylation sites (tertiary alicyclic amines) is 1. The fraction of sp³-hybridized carbons (Fsp3) is 0.469. The van der Waals surface area contributed by atoms with Crippen LogP contribution in [0.5, 0.6) is 0 Å². The van der Waals surface area contributed by atoms with E-state index in [0.29, 0.717) is 17.5 Å². The maximum Gasteiger partial charge on any atom is 0.246 e. The van der Waals surface area contributed by atoms with Gasteiger partial charge in [0, 0.05) is 18.3 Å². The van der Waals surface area contributed by atoms with Crippen molar-refractivity contribution in [3.63, 3.8) is 0 Å². The molecule has 7 nitrogen and oxygen atoms in total. The molecular formula is C32H35ClFN3O4. The standard InChI is InChI=1S/C32H35ClFN3O4/c1-17-7-9-20(10-8-17)16-37-28(30(39)36-24-6-4-5-18(2)19(24)3)32-14-13-25(41-32)26(27(32)31(37)40)29(38)35-21-11-12-23(34)22(33)15-21/h7-15,18-19,24-28H,4-6,16H2,1-3H3,(H,35,38)(H,36,39)/t18-,19+,24-,25-,26-,27-,28+,32+/m1/s1. The molecule has 0 radical (unpaired) electrons. The van der Waals surface area contributed by atoms with Crippen LogP contribution in [0, 0.1) is 36.4 Å². The number of carbonyl (C=O) groups is 3. The molecule has 3 amide bonds. The molecule has 4 aliphatic rings. The van der Waals surface area contributed by atoms with Crippen LogP contribution in [0.3, 0.4) is 0 Å². The largest absolute Gasteiger partial charge is 0.359 e. The lowest BCUT2D eigenvalue weighted by Crippen LogP contribution is -2.57. The Kier molecular flexibility index (Phi) is 7.19. The first-order valence-electron chi connectivity index (χ1n) is 14.4. The van der Waals surface area contributed by atoms with Gasteiger partial charge in [0.25, 0.3) is 0 Å². The van der Waals surface area contributed by atoms with Gasteiger partial charge in [0.1, 0.15) is 17.5 Å². The second-order valence-corrected chi connectivity index (χ2v) is 12.6. The van der Waals surface area contributed by atoms with Crippen LogP contribution in [0.1, 0.15) is 44.2 Å². The highest BCUT2D eigenvalue weighted by Crippen LogP contribution is 2.55. The van der Waals surface area contributed by atoms with Gasteiger partial charge < -0.3 is 20.3 Å². The Morgan fingerprint density at radius 3 is 2.61 bits per heavy atom. The Morgan fingerprint density at radius 1 is 1.12 bits per heavy atom. The van der Waals surface area contributed by atoms with Crippen molar-refractivity contribution in [1.29, 1.82) is 0 Å². The number of nitrogens with one attached hydrogen (secondary N) is 2. The number of rotatable bonds is 6. The highest BCUT2D eigenvalue weighted by atomic mass is 35.5. The average Bonchev–Trinajstić information content (AvgIpc) is 3.58. The van der Waals surface area contributed by atoms with Crippen molar-refractivity contribution < 1.29 is 23.5 Å². The summed E-state index contributed by atoms with van der Waals surface area (Å²) in [7, 11) is 0. The molecular weight excluding hydrogens is 545 g/mol. The first-order valence-corrected chi connectivity index (χ1v) is 14.8. The van der Waals surface area contributed by atoms with Gasteiger partial charge in [-0.3, -0.25) is 14.4 Å². The molecule has 2 aromatic rings. The molecule has 1 saturated carbocycles. The van der Waals surface area contributed by atoms with E-state index < -0.39 is 41.3 Å². The predicted octanol–water partition coefficient (Wildman–Crippen LogP) is 5.02. The van der Waals surface area contributed by atoms with Gasteiger partial charge in [0.15, 0.2) is 0 Å². The monoisotopic (exact) mass is 579 g/mol. The van der Waals surface area contributed by atoms with E-state index in [9.17, 15) is 18.8 Å². The molecule has 2 N–H and O–H groups in total. The average molecular weight is 580 g/mol.